The van der Waals surface area contributed by atoms with Gasteiger partial charge in [0.1, 0.15) is 5.75 Å². The lowest BCUT2D eigenvalue weighted by Gasteiger charge is -2.10. The number of phenols is 1. The van der Waals surface area contributed by atoms with Crippen molar-refractivity contribution in [1.82, 2.24) is 0 Å². The number of benzene rings is 2. The molecule has 0 saturated heterocycles. The monoisotopic (exact) mass is 309 g/mol. The summed E-state index contributed by atoms with van der Waals surface area (Å²) in [6.45, 7) is 0.148. The number of hydrogen-bond acceptors (Lipinski definition) is 3. The Morgan fingerprint density at radius 1 is 1.15 bits per heavy atom. The fourth-order valence-corrected chi connectivity index (χ4v) is 2.25. The normalized spacial score (nSPS) is 12.8. The molecule has 20 heavy (non-hydrogen) atoms. The lowest BCUT2D eigenvalue weighted by molar-refractivity contribution is 0.187. The van der Waals surface area contributed by atoms with Gasteiger partial charge in [-0.1, -0.05) is 41.4 Å². The third-order valence-corrected chi connectivity index (χ3v) is 3.33. The van der Waals surface area contributed by atoms with Crippen LogP contribution in [-0.4, -0.2) is 23.0 Å². The van der Waals surface area contributed by atoms with Crippen LogP contribution in [0.1, 0.15) is 17.2 Å². The van der Waals surface area contributed by atoms with Crippen molar-refractivity contribution in [2.24, 2.45) is 4.99 Å². The molecular weight excluding hydrogens is 297 g/mol. The summed E-state index contributed by atoms with van der Waals surface area (Å²) in [5.41, 5.74) is 1.17. The van der Waals surface area contributed by atoms with Crippen LogP contribution in [0.4, 0.5) is 0 Å². The van der Waals surface area contributed by atoms with Gasteiger partial charge in [0, 0.05) is 27.4 Å². The van der Waals surface area contributed by atoms with Gasteiger partial charge >= 0.3 is 0 Å². The fraction of sp³-hybridized carbons (Fsp3) is 0.133. The number of nitrogens with zero attached hydrogens (tertiary/aromatic N) is 1. The third kappa shape index (κ3) is 3.73. The van der Waals surface area contributed by atoms with E-state index in [1.165, 1.54) is 6.21 Å². The number of aromatic hydroxyl groups is 1. The Balaban J connectivity index is 2.05. The maximum absolute atomic E-state index is 10.0. The molecule has 0 bridgehead atoms. The van der Waals surface area contributed by atoms with E-state index in [0.29, 0.717) is 21.2 Å². The highest BCUT2D eigenvalue weighted by molar-refractivity contribution is 6.35. The van der Waals surface area contributed by atoms with Crippen molar-refractivity contribution in [1.29, 1.82) is 0 Å². The molecule has 2 N–H and O–H groups in total. The second kappa shape index (κ2) is 6.75. The first kappa shape index (κ1) is 14.9. The highest BCUT2D eigenvalue weighted by atomic mass is 35.5. The molecule has 2 aromatic carbocycles. The quantitative estimate of drug-likeness (QED) is 0.843. The molecule has 5 heteroatoms. The van der Waals surface area contributed by atoms with E-state index in [0.717, 1.165) is 0 Å². The number of hydrogen-bond donors (Lipinski definition) is 2. The molecule has 2 aromatic rings. The summed E-state index contributed by atoms with van der Waals surface area (Å²) >= 11 is 11.8. The van der Waals surface area contributed by atoms with Gasteiger partial charge in [0.05, 0.1) is 12.6 Å². The van der Waals surface area contributed by atoms with Crippen LogP contribution in [-0.2, 0) is 0 Å². The van der Waals surface area contributed by atoms with Crippen molar-refractivity contribution in [3.8, 4) is 5.75 Å². The number of rotatable bonds is 4. The summed E-state index contributed by atoms with van der Waals surface area (Å²) in [6.07, 6.45) is 0.699. The highest BCUT2D eigenvalue weighted by Gasteiger charge is 2.11. The Bertz CT molecular complexity index is 629. The van der Waals surface area contributed by atoms with Crippen molar-refractivity contribution in [2.45, 2.75) is 6.10 Å². The predicted molar refractivity (Wildman–Crippen MR) is 82.0 cm³/mol. The van der Waals surface area contributed by atoms with Gasteiger partial charge in [-0.3, -0.25) is 4.99 Å². The third-order valence-electron chi connectivity index (χ3n) is 2.77. The van der Waals surface area contributed by atoms with Crippen LogP contribution in [0.3, 0.4) is 0 Å². The Labute approximate surface area is 127 Å². The summed E-state index contributed by atoms with van der Waals surface area (Å²) in [5, 5.41) is 20.5. The fourth-order valence-electron chi connectivity index (χ4n) is 1.72. The highest BCUT2D eigenvalue weighted by Crippen LogP contribution is 2.26. The van der Waals surface area contributed by atoms with Crippen LogP contribution in [0.5, 0.6) is 5.75 Å². The van der Waals surface area contributed by atoms with Gasteiger partial charge in [-0.25, -0.2) is 0 Å². The van der Waals surface area contributed by atoms with Gasteiger partial charge in [-0.05, 0) is 24.3 Å². The number of aliphatic imine (C=N–C) groups is 1. The van der Waals surface area contributed by atoms with E-state index in [2.05, 4.69) is 4.99 Å². The summed E-state index contributed by atoms with van der Waals surface area (Å²) in [4.78, 5) is 4.12. The summed E-state index contributed by atoms with van der Waals surface area (Å²) in [6, 6.07) is 11.8. The van der Waals surface area contributed by atoms with E-state index < -0.39 is 6.10 Å². The van der Waals surface area contributed by atoms with Gasteiger partial charge in [-0.15, -0.1) is 0 Å². The second-order valence-corrected chi connectivity index (χ2v) is 5.08. The minimum Gasteiger partial charge on any atom is -0.507 e. The van der Waals surface area contributed by atoms with Crippen LogP contribution < -0.4 is 0 Å². The Morgan fingerprint density at radius 3 is 2.60 bits per heavy atom. The molecular formula is C15H13Cl2NO2. The average Bonchev–Trinajstić information content (AvgIpc) is 2.40. The number of halogens is 2. The van der Waals surface area contributed by atoms with Gasteiger partial charge < -0.3 is 10.2 Å². The van der Waals surface area contributed by atoms with Gasteiger partial charge in [0.25, 0.3) is 0 Å². The zero-order valence-electron chi connectivity index (χ0n) is 10.5. The number of phenolic OH excluding ortho intramolecular Hbond substituents is 1. The molecule has 0 amide bonds. The van der Waals surface area contributed by atoms with Crippen LogP contribution in [0.15, 0.2) is 47.5 Å². The molecule has 0 aliphatic rings. The van der Waals surface area contributed by atoms with Crippen molar-refractivity contribution < 1.29 is 10.2 Å². The number of aliphatic hydroxyl groups is 1. The van der Waals surface area contributed by atoms with Gasteiger partial charge in [0.15, 0.2) is 0 Å². The first-order valence-corrected chi connectivity index (χ1v) is 6.74. The molecule has 1 atom stereocenters. The maximum atomic E-state index is 10.0. The lowest BCUT2D eigenvalue weighted by atomic mass is 10.1. The van der Waals surface area contributed by atoms with Crippen LogP contribution in [0, 0.1) is 0 Å². The van der Waals surface area contributed by atoms with E-state index in [1.54, 1.807) is 42.5 Å². The molecule has 0 fully saturated rings. The van der Waals surface area contributed by atoms with Crippen LogP contribution in [0.25, 0.3) is 0 Å². The van der Waals surface area contributed by atoms with E-state index in [-0.39, 0.29) is 12.3 Å². The first-order chi connectivity index (χ1) is 9.58. The molecule has 0 aliphatic heterocycles. The number of para-hydroxylation sites is 1. The molecule has 3 nitrogen and oxygen atoms in total. The van der Waals surface area contributed by atoms with Crippen molar-refractivity contribution in [3.05, 3.63) is 63.6 Å². The SMILES string of the molecule is Oc1ccccc1C=NCC(O)c1ccc(Cl)cc1Cl. The molecule has 104 valence electrons. The molecule has 0 saturated carbocycles. The van der Waals surface area contributed by atoms with Crippen LogP contribution >= 0.6 is 23.2 Å². The molecule has 0 spiro atoms. The molecule has 0 aliphatic carbocycles. The van der Waals surface area contributed by atoms with Gasteiger partial charge in [0.2, 0.25) is 0 Å². The lowest BCUT2D eigenvalue weighted by Crippen LogP contribution is -2.02. The maximum Gasteiger partial charge on any atom is 0.124 e. The molecule has 2 rings (SSSR count). The van der Waals surface area contributed by atoms with E-state index in [9.17, 15) is 10.2 Å². The molecule has 0 radical (unpaired) electrons. The van der Waals surface area contributed by atoms with E-state index >= 15 is 0 Å². The standard InChI is InChI=1S/C15H13Cl2NO2/c16-11-5-6-12(13(17)7-11)15(20)9-18-8-10-3-1-2-4-14(10)19/h1-8,15,19-20H,9H2. The predicted octanol–water partition coefficient (Wildman–Crippen LogP) is 3.85. The minimum atomic E-state index is -0.818. The summed E-state index contributed by atoms with van der Waals surface area (Å²) in [5.74, 6) is 0.148. The summed E-state index contributed by atoms with van der Waals surface area (Å²) in [7, 11) is 0. The Hall–Kier alpha value is -1.55. The molecule has 0 aromatic heterocycles. The van der Waals surface area contributed by atoms with E-state index in [4.69, 9.17) is 23.2 Å². The minimum absolute atomic E-state index is 0.148. The van der Waals surface area contributed by atoms with Crippen LogP contribution in [0.2, 0.25) is 10.0 Å². The van der Waals surface area contributed by atoms with Gasteiger partial charge in [-0.2, -0.15) is 0 Å². The van der Waals surface area contributed by atoms with Crippen molar-refractivity contribution >= 4 is 29.4 Å². The summed E-state index contributed by atoms with van der Waals surface area (Å²) < 4.78 is 0. The zero-order chi connectivity index (χ0) is 14.5. The Morgan fingerprint density at radius 2 is 1.90 bits per heavy atom. The zero-order valence-corrected chi connectivity index (χ0v) is 12.0. The van der Waals surface area contributed by atoms with Crippen molar-refractivity contribution in [3.63, 3.8) is 0 Å². The second-order valence-electron chi connectivity index (χ2n) is 4.23. The van der Waals surface area contributed by atoms with Crippen molar-refractivity contribution in [2.75, 3.05) is 6.54 Å². The largest absolute Gasteiger partial charge is 0.507 e. The average molecular weight is 310 g/mol. The first-order valence-electron chi connectivity index (χ1n) is 5.99. The molecule has 1 unspecified atom stereocenters. The topological polar surface area (TPSA) is 52.8 Å². The smallest absolute Gasteiger partial charge is 0.124 e. The Kier molecular flexibility index (Phi) is 5.01. The molecule has 0 heterocycles. The number of aliphatic hydroxyl groups excluding tert-OH is 1. The van der Waals surface area contributed by atoms with E-state index in [1.807, 2.05) is 0 Å².